The maximum Gasteiger partial charge on any atom is 0.341 e. The van der Waals surface area contributed by atoms with Crippen molar-refractivity contribution in [3.63, 3.8) is 0 Å². The number of rotatable bonds is 7. The van der Waals surface area contributed by atoms with Gasteiger partial charge in [-0.15, -0.1) is 0 Å². The molecule has 0 unspecified atom stereocenters. The van der Waals surface area contributed by atoms with Gasteiger partial charge in [0.15, 0.2) is 5.78 Å². The molecule has 0 fully saturated rings. The highest BCUT2D eigenvalue weighted by Gasteiger charge is 2.23. The molecule has 0 N–H and O–H groups in total. The molecule has 0 amide bonds. The summed E-state index contributed by atoms with van der Waals surface area (Å²) in [5.74, 6) is -1.49. The number of furan rings is 1. The lowest BCUT2D eigenvalue weighted by molar-refractivity contribution is -0.384. The number of methoxy groups -OCH3 is 1. The van der Waals surface area contributed by atoms with Crippen molar-refractivity contribution in [2.45, 2.75) is 13.5 Å². The van der Waals surface area contributed by atoms with Gasteiger partial charge in [0.05, 0.1) is 17.6 Å². The first-order chi connectivity index (χ1) is 15.2. The molecule has 1 aromatic heterocycles. The second kappa shape index (κ2) is 9.44. The summed E-state index contributed by atoms with van der Waals surface area (Å²) >= 11 is 5.80. The van der Waals surface area contributed by atoms with Crippen LogP contribution in [0.1, 0.15) is 48.2 Å². The zero-order valence-electron chi connectivity index (χ0n) is 16.9. The van der Waals surface area contributed by atoms with Crippen LogP contribution in [0, 0.1) is 17.0 Å². The van der Waals surface area contributed by atoms with Crippen molar-refractivity contribution in [1.82, 2.24) is 0 Å². The molecule has 0 radical (unpaired) electrons. The second-order valence-electron chi connectivity index (χ2n) is 6.55. The zero-order valence-corrected chi connectivity index (χ0v) is 17.7. The third-order valence-electron chi connectivity index (χ3n) is 4.52. The molecule has 164 valence electrons. The van der Waals surface area contributed by atoms with Gasteiger partial charge in [-0.3, -0.25) is 14.9 Å². The van der Waals surface area contributed by atoms with E-state index >= 15 is 0 Å². The highest BCUT2D eigenvalue weighted by molar-refractivity contribution is 6.33. The van der Waals surface area contributed by atoms with E-state index in [2.05, 4.69) is 4.74 Å². The highest BCUT2D eigenvalue weighted by atomic mass is 35.5. The van der Waals surface area contributed by atoms with Crippen molar-refractivity contribution >= 4 is 35.0 Å². The number of hydrogen-bond donors (Lipinski definition) is 0. The lowest BCUT2D eigenvalue weighted by Gasteiger charge is -2.09. The lowest BCUT2D eigenvalue weighted by Crippen LogP contribution is -2.13. The van der Waals surface area contributed by atoms with Gasteiger partial charge in [-0.25, -0.2) is 9.59 Å². The van der Waals surface area contributed by atoms with Gasteiger partial charge in [0.1, 0.15) is 28.7 Å². The Kier molecular flexibility index (Phi) is 6.70. The van der Waals surface area contributed by atoms with Crippen molar-refractivity contribution < 1.29 is 33.2 Å². The maximum absolute atomic E-state index is 12.9. The summed E-state index contributed by atoms with van der Waals surface area (Å²) in [6, 6.07) is 10.9. The van der Waals surface area contributed by atoms with Crippen molar-refractivity contribution in [2.75, 3.05) is 7.11 Å². The minimum atomic E-state index is -0.814. The summed E-state index contributed by atoms with van der Waals surface area (Å²) in [6.45, 7) is 1.28. The largest absolute Gasteiger partial charge is 0.465 e. The van der Waals surface area contributed by atoms with Gasteiger partial charge in [0.2, 0.25) is 0 Å². The van der Waals surface area contributed by atoms with E-state index in [0.29, 0.717) is 5.76 Å². The molecule has 32 heavy (non-hydrogen) atoms. The topological polar surface area (TPSA) is 126 Å². The van der Waals surface area contributed by atoms with E-state index in [1.807, 2.05) is 0 Å². The molecule has 9 nitrogen and oxygen atoms in total. The molecule has 0 aliphatic heterocycles. The van der Waals surface area contributed by atoms with Gasteiger partial charge < -0.3 is 13.9 Å². The molecule has 0 spiro atoms. The third kappa shape index (κ3) is 4.68. The number of nitro benzene ring substituents is 1. The average molecular weight is 458 g/mol. The minimum absolute atomic E-state index is 0.00000402. The van der Waals surface area contributed by atoms with Gasteiger partial charge >= 0.3 is 11.9 Å². The molecule has 0 bridgehead atoms. The van der Waals surface area contributed by atoms with Gasteiger partial charge in [0, 0.05) is 17.2 Å². The minimum Gasteiger partial charge on any atom is -0.465 e. The lowest BCUT2D eigenvalue weighted by atomic mass is 9.98. The van der Waals surface area contributed by atoms with E-state index in [1.165, 1.54) is 37.4 Å². The zero-order chi connectivity index (χ0) is 23.4. The van der Waals surface area contributed by atoms with Crippen LogP contribution in [0.25, 0.3) is 0 Å². The summed E-state index contributed by atoms with van der Waals surface area (Å²) in [5.41, 5.74) is -0.261. The molecule has 2 aromatic carbocycles. The van der Waals surface area contributed by atoms with Crippen molar-refractivity contribution in [3.05, 3.63) is 97.4 Å². The van der Waals surface area contributed by atoms with Crippen LogP contribution in [-0.4, -0.2) is 29.8 Å². The monoisotopic (exact) mass is 457 g/mol. The number of carbonyl (C=O) groups excluding carboxylic acids is 3. The number of halogens is 1. The molecule has 0 aliphatic rings. The van der Waals surface area contributed by atoms with Crippen LogP contribution >= 0.6 is 11.6 Å². The third-order valence-corrected chi connectivity index (χ3v) is 4.84. The Labute approximate surface area is 186 Å². The van der Waals surface area contributed by atoms with Crippen molar-refractivity contribution in [3.8, 4) is 0 Å². The molecule has 10 heteroatoms. The molecular formula is C22H16ClNO8. The molecule has 0 saturated heterocycles. The quantitative estimate of drug-likeness (QED) is 0.219. The summed E-state index contributed by atoms with van der Waals surface area (Å²) in [6.07, 6.45) is 0. The van der Waals surface area contributed by atoms with Crippen LogP contribution in [-0.2, 0) is 16.1 Å². The Morgan fingerprint density at radius 2 is 1.72 bits per heavy atom. The highest BCUT2D eigenvalue weighted by Crippen LogP contribution is 2.27. The van der Waals surface area contributed by atoms with Gasteiger partial charge in [-0.1, -0.05) is 29.8 Å². The molecule has 3 aromatic rings. The van der Waals surface area contributed by atoms with Crippen molar-refractivity contribution in [2.24, 2.45) is 0 Å². The maximum atomic E-state index is 12.9. The van der Waals surface area contributed by atoms with E-state index in [9.17, 15) is 24.5 Å². The predicted molar refractivity (Wildman–Crippen MR) is 112 cm³/mol. The number of carbonyl (C=O) groups is 3. The molecule has 0 saturated carbocycles. The fourth-order valence-corrected chi connectivity index (χ4v) is 3.14. The van der Waals surface area contributed by atoms with Crippen LogP contribution in [0.15, 0.2) is 52.9 Å². The fourth-order valence-electron chi connectivity index (χ4n) is 2.95. The number of ether oxygens (including phenoxy) is 2. The molecule has 0 atom stereocenters. The summed E-state index contributed by atoms with van der Waals surface area (Å²) in [4.78, 5) is 47.7. The molecular weight excluding hydrogens is 442 g/mol. The van der Waals surface area contributed by atoms with E-state index in [0.717, 1.165) is 6.07 Å². The Morgan fingerprint density at radius 3 is 2.38 bits per heavy atom. The van der Waals surface area contributed by atoms with Gasteiger partial charge in [0.25, 0.3) is 5.69 Å². The number of nitro groups is 1. The molecule has 3 rings (SSSR count). The smallest absolute Gasteiger partial charge is 0.341 e. The number of nitrogens with zero attached hydrogens (tertiary/aromatic N) is 1. The van der Waals surface area contributed by atoms with Crippen LogP contribution < -0.4 is 0 Å². The SMILES string of the molecule is COC(=O)c1cc(COC(=O)c2ccccc2C(=O)c2ccc(Cl)c([N+](=O)[O-])c2)oc1C. The molecule has 1 heterocycles. The Morgan fingerprint density at radius 1 is 1.03 bits per heavy atom. The average Bonchev–Trinajstić information content (AvgIpc) is 3.17. The van der Waals surface area contributed by atoms with Gasteiger partial charge in [-0.2, -0.15) is 0 Å². The molecule has 0 aliphatic carbocycles. The van der Waals surface area contributed by atoms with Crippen LogP contribution in [0.4, 0.5) is 5.69 Å². The van der Waals surface area contributed by atoms with Gasteiger partial charge in [-0.05, 0) is 31.2 Å². The summed E-state index contributed by atoms with van der Waals surface area (Å²) < 4.78 is 15.3. The number of ketones is 1. The van der Waals surface area contributed by atoms with E-state index < -0.39 is 28.3 Å². The normalized spacial score (nSPS) is 10.5. The number of hydrogen-bond acceptors (Lipinski definition) is 8. The number of esters is 2. The second-order valence-corrected chi connectivity index (χ2v) is 6.96. The first-order valence-corrected chi connectivity index (χ1v) is 9.53. The first-order valence-electron chi connectivity index (χ1n) is 9.15. The fraction of sp³-hybridized carbons (Fsp3) is 0.136. The van der Waals surface area contributed by atoms with Crippen LogP contribution in [0.3, 0.4) is 0 Å². The van der Waals surface area contributed by atoms with E-state index in [-0.39, 0.29) is 39.6 Å². The Balaban J connectivity index is 1.83. The van der Waals surface area contributed by atoms with E-state index in [1.54, 1.807) is 19.1 Å². The Bertz CT molecular complexity index is 1230. The van der Waals surface area contributed by atoms with Crippen molar-refractivity contribution in [1.29, 1.82) is 0 Å². The van der Waals surface area contributed by atoms with Crippen LogP contribution in [0.2, 0.25) is 5.02 Å². The number of benzene rings is 2. The standard InChI is InChI=1S/C22H16ClNO8/c1-12-17(21(26)30-2)10-14(32-12)11-31-22(27)16-6-4-3-5-15(16)20(25)13-7-8-18(23)19(9-13)24(28)29/h3-10H,11H2,1-2H3. The summed E-state index contributed by atoms with van der Waals surface area (Å²) in [7, 11) is 1.23. The summed E-state index contributed by atoms with van der Waals surface area (Å²) in [5, 5.41) is 11.0. The number of aryl methyl sites for hydroxylation is 1. The van der Waals surface area contributed by atoms with Crippen LogP contribution in [0.5, 0.6) is 0 Å². The Hall–Kier alpha value is -3.98. The first kappa shape index (κ1) is 22.7. The predicted octanol–water partition coefficient (Wildman–Crippen LogP) is 4.52. The van der Waals surface area contributed by atoms with E-state index in [4.69, 9.17) is 20.8 Å².